The summed E-state index contributed by atoms with van der Waals surface area (Å²) in [5, 5.41) is 6.29. The van der Waals surface area contributed by atoms with Gasteiger partial charge in [-0.25, -0.2) is 0 Å². The van der Waals surface area contributed by atoms with E-state index >= 15 is 0 Å². The van der Waals surface area contributed by atoms with Gasteiger partial charge in [-0.1, -0.05) is 13.3 Å². The molecule has 1 heterocycles. The van der Waals surface area contributed by atoms with Crippen LogP contribution < -0.4 is 10.6 Å². The summed E-state index contributed by atoms with van der Waals surface area (Å²) >= 11 is 0. The molecule has 0 spiro atoms. The molecule has 0 aliphatic carbocycles. The molecule has 1 aliphatic rings. The van der Waals surface area contributed by atoms with Crippen LogP contribution >= 0.6 is 0 Å². The molecule has 0 radical (unpaired) electrons. The average molecular weight is 252 g/mol. The summed E-state index contributed by atoms with van der Waals surface area (Å²) in [6, 6.07) is 0. The molecule has 5 heteroatoms. The van der Waals surface area contributed by atoms with Crippen molar-refractivity contribution in [2.24, 2.45) is 5.41 Å². The van der Waals surface area contributed by atoms with E-state index in [1.54, 1.807) is 0 Å². The van der Waals surface area contributed by atoms with Crippen molar-refractivity contribution >= 4 is 0 Å². The van der Waals surface area contributed by atoms with Crippen molar-refractivity contribution in [3.05, 3.63) is 0 Å². The van der Waals surface area contributed by atoms with Gasteiger partial charge in [-0.2, -0.15) is 13.2 Å². The molecule has 0 aromatic heterocycles. The van der Waals surface area contributed by atoms with Gasteiger partial charge in [0.1, 0.15) is 0 Å². The summed E-state index contributed by atoms with van der Waals surface area (Å²) < 4.78 is 36.0. The lowest BCUT2D eigenvalue weighted by molar-refractivity contribution is -0.133. The van der Waals surface area contributed by atoms with Crippen molar-refractivity contribution in [1.82, 2.24) is 10.6 Å². The highest BCUT2D eigenvalue weighted by molar-refractivity contribution is 4.86. The van der Waals surface area contributed by atoms with Gasteiger partial charge in [0.05, 0.1) is 6.42 Å². The van der Waals surface area contributed by atoms with Crippen LogP contribution in [0.1, 0.15) is 39.0 Å². The van der Waals surface area contributed by atoms with E-state index in [0.29, 0.717) is 0 Å². The Morgan fingerprint density at radius 1 is 1.24 bits per heavy atom. The molecule has 0 bridgehead atoms. The van der Waals surface area contributed by atoms with Gasteiger partial charge in [0, 0.05) is 13.1 Å². The van der Waals surface area contributed by atoms with Crippen molar-refractivity contribution in [1.29, 1.82) is 0 Å². The highest BCUT2D eigenvalue weighted by atomic mass is 19.4. The molecule has 1 fully saturated rings. The molecular weight excluding hydrogens is 229 g/mol. The smallest absolute Gasteiger partial charge is 0.317 e. The summed E-state index contributed by atoms with van der Waals surface area (Å²) in [5.41, 5.74) is 0.214. The molecule has 0 unspecified atom stereocenters. The number of halogens is 3. The van der Waals surface area contributed by atoms with E-state index in [1.807, 2.05) is 0 Å². The van der Waals surface area contributed by atoms with E-state index in [2.05, 4.69) is 17.6 Å². The molecule has 0 aromatic rings. The molecule has 0 aromatic carbocycles. The lowest BCUT2D eigenvalue weighted by Crippen LogP contribution is -2.43. The lowest BCUT2D eigenvalue weighted by atomic mass is 9.75. The van der Waals surface area contributed by atoms with Crippen LogP contribution in [0.4, 0.5) is 13.2 Å². The van der Waals surface area contributed by atoms with Crippen molar-refractivity contribution in [2.75, 3.05) is 26.2 Å². The van der Waals surface area contributed by atoms with Crippen molar-refractivity contribution in [2.45, 2.75) is 45.2 Å². The molecule has 1 saturated heterocycles. The number of nitrogens with one attached hydrogen (secondary N) is 2. The third-order valence-corrected chi connectivity index (χ3v) is 3.53. The lowest BCUT2D eigenvalue weighted by Gasteiger charge is -2.38. The summed E-state index contributed by atoms with van der Waals surface area (Å²) in [6.07, 6.45) is -0.430. The fraction of sp³-hybridized carbons (Fsp3) is 1.00. The van der Waals surface area contributed by atoms with Crippen LogP contribution in [0.5, 0.6) is 0 Å². The van der Waals surface area contributed by atoms with E-state index < -0.39 is 12.6 Å². The zero-order chi connectivity index (χ0) is 12.8. The summed E-state index contributed by atoms with van der Waals surface area (Å²) in [5.74, 6) is 0. The SMILES string of the molecule is CCCC1(CNCCC(F)(F)F)CCNCC1. The van der Waals surface area contributed by atoms with Crippen LogP contribution in [0.2, 0.25) is 0 Å². The fourth-order valence-corrected chi connectivity index (χ4v) is 2.59. The fourth-order valence-electron chi connectivity index (χ4n) is 2.59. The summed E-state index contributed by atoms with van der Waals surface area (Å²) in [7, 11) is 0. The van der Waals surface area contributed by atoms with Gasteiger partial charge in [0.15, 0.2) is 0 Å². The normalized spacial score (nSPS) is 20.5. The van der Waals surface area contributed by atoms with Crippen LogP contribution in [0.3, 0.4) is 0 Å². The highest BCUT2D eigenvalue weighted by Gasteiger charge is 2.31. The Kier molecular flexibility index (Phi) is 5.73. The van der Waals surface area contributed by atoms with Gasteiger partial charge in [0.2, 0.25) is 0 Å². The largest absolute Gasteiger partial charge is 0.390 e. The summed E-state index contributed by atoms with van der Waals surface area (Å²) in [4.78, 5) is 0. The number of rotatable bonds is 6. The van der Waals surface area contributed by atoms with Crippen molar-refractivity contribution in [3.63, 3.8) is 0 Å². The van der Waals surface area contributed by atoms with Gasteiger partial charge >= 0.3 is 6.18 Å². The maximum atomic E-state index is 12.0. The van der Waals surface area contributed by atoms with Gasteiger partial charge in [-0.05, 0) is 37.8 Å². The van der Waals surface area contributed by atoms with E-state index in [4.69, 9.17) is 0 Å². The maximum Gasteiger partial charge on any atom is 0.390 e. The monoisotopic (exact) mass is 252 g/mol. The first-order chi connectivity index (χ1) is 7.97. The predicted octanol–water partition coefficient (Wildman–Crippen LogP) is 2.70. The average Bonchev–Trinajstić information content (AvgIpc) is 2.25. The molecular formula is C12H23F3N2. The summed E-state index contributed by atoms with van der Waals surface area (Å²) in [6.45, 7) is 4.88. The molecule has 0 saturated carbocycles. The number of piperidine rings is 1. The zero-order valence-electron chi connectivity index (χ0n) is 10.5. The minimum Gasteiger partial charge on any atom is -0.317 e. The topological polar surface area (TPSA) is 24.1 Å². The maximum absolute atomic E-state index is 12.0. The number of hydrogen-bond donors (Lipinski definition) is 2. The number of hydrogen-bond acceptors (Lipinski definition) is 2. The minimum absolute atomic E-state index is 0.0440. The standard InChI is InChI=1S/C12H23F3N2/c1-2-3-11(4-7-16-8-5-11)10-17-9-6-12(13,14)15/h16-17H,2-10H2,1H3. The van der Waals surface area contributed by atoms with Crippen LogP contribution in [-0.4, -0.2) is 32.4 Å². The van der Waals surface area contributed by atoms with Crippen molar-refractivity contribution < 1.29 is 13.2 Å². The Balaban J connectivity index is 2.29. The second-order valence-electron chi connectivity index (χ2n) is 5.04. The van der Waals surface area contributed by atoms with Gasteiger partial charge < -0.3 is 10.6 Å². The Morgan fingerprint density at radius 3 is 2.41 bits per heavy atom. The Hall–Kier alpha value is -0.290. The van der Waals surface area contributed by atoms with Gasteiger partial charge in [0.25, 0.3) is 0 Å². The van der Waals surface area contributed by atoms with E-state index in [-0.39, 0.29) is 12.0 Å². The zero-order valence-corrected chi connectivity index (χ0v) is 10.5. The molecule has 0 amide bonds. The third kappa shape index (κ3) is 5.73. The molecule has 102 valence electrons. The quantitative estimate of drug-likeness (QED) is 0.710. The molecule has 2 nitrogen and oxygen atoms in total. The molecule has 1 rings (SSSR count). The number of alkyl halides is 3. The Bertz CT molecular complexity index is 205. The molecule has 17 heavy (non-hydrogen) atoms. The van der Waals surface area contributed by atoms with E-state index in [1.165, 1.54) is 0 Å². The second-order valence-corrected chi connectivity index (χ2v) is 5.04. The van der Waals surface area contributed by atoms with Crippen molar-refractivity contribution in [3.8, 4) is 0 Å². The Labute approximate surface area is 101 Å². The first kappa shape index (κ1) is 14.8. The first-order valence-corrected chi connectivity index (χ1v) is 6.46. The van der Waals surface area contributed by atoms with Gasteiger partial charge in [-0.15, -0.1) is 0 Å². The Morgan fingerprint density at radius 2 is 1.88 bits per heavy atom. The predicted molar refractivity (Wildman–Crippen MR) is 63.0 cm³/mol. The molecule has 2 N–H and O–H groups in total. The third-order valence-electron chi connectivity index (χ3n) is 3.53. The second kappa shape index (κ2) is 6.59. The van der Waals surface area contributed by atoms with Crippen LogP contribution in [0.15, 0.2) is 0 Å². The molecule has 0 atom stereocenters. The molecule has 1 aliphatic heterocycles. The van der Waals surface area contributed by atoms with E-state index in [9.17, 15) is 13.2 Å². The van der Waals surface area contributed by atoms with Crippen LogP contribution in [0, 0.1) is 5.41 Å². The van der Waals surface area contributed by atoms with Crippen LogP contribution in [0.25, 0.3) is 0 Å². The van der Waals surface area contributed by atoms with Crippen LogP contribution in [-0.2, 0) is 0 Å². The van der Waals surface area contributed by atoms with Gasteiger partial charge in [-0.3, -0.25) is 0 Å². The minimum atomic E-state index is -4.04. The first-order valence-electron chi connectivity index (χ1n) is 6.46. The highest BCUT2D eigenvalue weighted by Crippen LogP contribution is 2.33. The van der Waals surface area contributed by atoms with E-state index in [0.717, 1.165) is 45.3 Å².